The van der Waals surface area contributed by atoms with E-state index in [0.717, 1.165) is 18.5 Å². The van der Waals surface area contributed by atoms with E-state index in [1.807, 2.05) is 6.92 Å². The smallest absolute Gasteiger partial charge is 0.241 e. The van der Waals surface area contributed by atoms with E-state index >= 15 is 0 Å². The molecule has 0 atom stereocenters. The van der Waals surface area contributed by atoms with Gasteiger partial charge in [0.05, 0.1) is 10.7 Å². The van der Waals surface area contributed by atoms with Crippen LogP contribution >= 0.6 is 11.6 Å². The summed E-state index contributed by atoms with van der Waals surface area (Å²) in [7, 11) is 1.75. The average Bonchev–Trinajstić information content (AvgIpc) is 2.62. The van der Waals surface area contributed by atoms with Crippen LogP contribution in [0.2, 0.25) is 5.02 Å². The zero-order valence-electron chi connectivity index (χ0n) is 10.8. The maximum Gasteiger partial charge on any atom is 0.241 e. The normalized spacial score (nSPS) is 10.7. The first-order chi connectivity index (χ1) is 9.02. The summed E-state index contributed by atoms with van der Waals surface area (Å²) >= 11 is 5.71. The zero-order chi connectivity index (χ0) is 14.0. The molecule has 1 heterocycles. The Hall–Kier alpha value is -1.75. The van der Waals surface area contributed by atoms with E-state index < -0.39 is 5.82 Å². The average molecular weight is 284 g/mol. The molecule has 19 heavy (non-hydrogen) atoms. The van der Waals surface area contributed by atoms with E-state index in [0.29, 0.717) is 17.3 Å². The predicted octanol–water partition coefficient (Wildman–Crippen LogP) is 3.54. The quantitative estimate of drug-likeness (QED) is 0.934. The number of nitrogen functional groups attached to an aromatic ring is 1. The summed E-state index contributed by atoms with van der Waals surface area (Å²) < 4.78 is 20.3. The highest BCUT2D eigenvalue weighted by atomic mass is 35.5. The van der Waals surface area contributed by atoms with Crippen LogP contribution in [0, 0.1) is 5.82 Å². The first-order valence-electron chi connectivity index (χ1n) is 5.97. The van der Waals surface area contributed by atoms with E-state index in [-0.39, 0.29) is 5.02 Å². The number of ether oxygens (including phenoxy) is 1. The standard InChI is InChI=1S/C13H15ClFN3O/c1-3-4-11-12(16)13(18(2)17-11)19-8-5-6-10(15)9(14)7-8/h5-7H,3-4,16H2,1-2H3. The number of halogens is 2. The van der Waals surface area contributed by atoms with Gasteiger partial charge in [-0.1, -0.05) is 24.9 Å². The maximum absolute atomic E-state index is 13.1. The van der Waals surface area contributed by atoms with E-state index in [1.54, 1.807) is 11.7 Å². The molecule has 0 spiro atoms. The van der Waals surface area contributed by atoms with Gasteiger partial charge in [0.1, 0.15) is 17.3 Å². The number of aromatic nitrogens is 2. The number of benzene rings is 1. The maximum atomic E-state index is 13.1. The molecule has 102 valence electrons. The highest BCUT2D eigenvalue weighted by Gasteiger charge is 2.15. The minimum atomic E-state index is -0.487. The van der Waals surface area contributed by atoms with E-state index in [2.05, 4.69) is 5.10 Å². The second-order valence-corrected chi connectivity index (χ2v) is 4.62. The fourth-order valence-electron chi connectivity index (χ4n) is 1.77. The molecule has 2 aromatic rings. The Balaban J connectivity index is 2.30. The molecular weight excluding hydrogens is 269 g/mol. The van der Waals surface area contributed by atoms with Gasteiger partial charge in [0.2, 0.25) is 5.88 Å². The van der Waals surface area contributed by atoms with Crippen LogP contribution in [0.25, 0.3) is 0 Å². The van der Waals surface area contributed by atoms with Gasteiger partial charge in [-0.2, -0.15) is 5.10 Å². The Morgan fingerprint density at radius 3 is 2.84 bits per heavy atom. The van der Waals surface area contributed by atoms with Crippen molar-refractivity contribution in [1.82, 2.24) is 9.78 Å². The molecule has 0 radical (unpaired) electrons. The molecule has 0 bridgehead atoms. The second kappa shape index (κ2) is 5.48. The summed E-state index contributed by atoms with van der Waals surface area (Å²) in [6, 6.07) is 4.15. The summed E-state index contributed by atoms with van der Waals surface area (Å²) in [5, 5.41) is 4.30. The van der Waals surface area contributed by atoms with E-state index in [9.17, 15) is 4.39 Å². The fourth-order valence-corrected chi connectivity index (χ4v) is 1.94. The first kappa shape index (κ1) is 13.7. The molecule has 6 heteroatoms. The van der Waals surface area contributed by atoms with Gasteiger partial charge in [0.15, 0.2) is 0 Å². The molecule has 2 N–H and O–H groups in total. The minimum absolute atomic E-state index is 0.00650. The number of aryl methyl sites for hydroxylation is 2. The van der Waals surface area contributed by atoms with Crippen molar-refractivity contribution in [3.8, 4) is 11.6 Å². The third-order valence-electron chi connectivity index (χ3n) is 2.70. The summed E-state index contributed by atoms with van der Waals surface area (Å²) in [6.07, 6.45) is 1.73. The predicted molar refractivity (Wildman–Crippen MR) is 73.1 cm³/mol. The molecule has 4 nitrogen and oxygen atoms in total. The fraction of sp³-hybridized carbons (Fsp3) is 0.308. The van der Waals surface area contributed by atoms with Gasteiger partial charge >= 0.3 is 0 Å². The first-order valence-corrected chi connectivity index (χ1v) is 6.35. The molecule has 0 saturated carbocycles. The van der Waals surface area contributed by atoms with Crippen LogP contribution in [0.4, 0.5) is 10.1 Å². The van der Waals surface area contributed by atoms with Gasteiger partial charge in [-0.05, 0) is 18.6 Å². The number of anilines is 1. The number of hydrogen-bond donors (Lipinski definition) is 1. The molecule has 2 rings (SSSR count). The summed E-state index contributed by atoms with van der Waals surface area (Å²) in [6.45, 7) is 2.05. The number of nitrogens with two attached hydrogens (primary N) is 1. The molecule has 1 aromatic heterocycles. The van der Waals surface area contributed by atoms with Crippen molar-refractivity contribution in [3.63, 3.8) is 0 Å². The molecular formula is C13H15ClFN3O. The van der Waals surface area contributed by atoms with Crippen LogP contribution in [0.3, 0.4) is 0 Å². The largest absolute Gasteiger partial charge is 0.437 e. The lowest BCUT2D eigenvalue weighted by molar-refractivity contribution is 0.431. The molecule has 1 aromatic carbocycles. The molecule has 0 amide bonds. The minimum Gasteiger partial charge on any atom is -0.437 e. The van der Waals surface area contributed by atoms with Gasteiger partial charge in [-0.3, -0.25) is 0 Å². The molecule has 0 aliphatic rings. The van der Waals surface area contributed by atoms with Crippen molar-refractivity contribution in [2.24, 2.45) is 7.05 Å². The van der Waals surface area contributed by atoms with Crippen LogP contribution in [0.5, 0.6) is 11.6 Å². The lowest BCUT2D eigenvalue weighted by Crippen LogP contribution is -1.97. The lowest BCUT2D eigenvalue weighted by atomic mass is 10.2. The number of nitrogens with zero attached hydrogens (tertiary/aromatic N) is 2. The Morgan fingerprint density at radius 2 is 2.21 bits per heavy atom. The summed E-state index contributed by atoms with van der Waals surface area (Å²) in [5.74, 6) is 0.369. The van der Waals surface area contributed by atoms with Crippen LogP contribution in [0.15, 0.2) is 18.2 Å². The van der Waals surface area contributed by atoms with Crippen molar-refractivity contribution >= 4 is 17.3 Å². The molecule has 0 aliphatic heterocycles. The van der Waals surface area contributed by atoms with Crippen LogP contribution in [-0.4, -0.2) is 9.78 Å². The molecule has 0 aliphatic carbocycles. The van der Waals surface area contributed by atoms with Gasteiger partial charge in [0, 0.05) is 13.1 Å². The third-order valence-corrected chi connectivity index (χ3v) is 2.99. The van der Waals surface area contributed by atoms with E-state index in [1.165, 1.54) is 18.2 Å². The highest BCUT2D eigenvalue weighted by Crippen LogP contribution is 2.31. The van der Waals surface area contributed by atoms with E-state index in [4.69, 9.17) is 22.1 Å². The molecule has 0 unspecified atom stereocenters. The van der Waals surface area contributed by atoms with Crippen molar-refractivity contribution in [3.05, 3.63) is 34.7 Å². The summed E-state index contributed by atoms with van der Waals surface area (Å²) in [4.78, 5) is 0. The van der Waals surface area contributed by atoms with Gasteiger partial charge in [0.25, 0.3) is 0 Å². The lowest BCUT2D eigenvalue weighted by Gasteiger charge is -2.07. The Kier molecular flexibility index (Phi) is 3.95. The zero-order valence-corrected chi connectivity index (χ0v) is 11.5. The molecule has 0 fully saturated rings. The van der Waals surface area contributed by atoms with Crippen molar-refractivity contribution in [1.29, 1.82) is 0 Å². The highest BCUT2D eigenvalue weighted by molar-refractivity contribution is 6.30. The Morgan fingerprint density at radius 1 is 1.47 bits per heavy atom. The third kappa shape index (κ3) is 2.81. The topological polar surface area (TPSA) is 53.1 Å². The van der Waals surface area contributed by atoms with Gasteiger partial charge in [-0.25, -0.2) is 9.07 Å². The molecule has 0 saturated heterocycles. The van der Waals surface area contributed by atoms with Crippen molar-refractivity contribution < 1.29 is 9.13 Å². The number of rotatable bonds is 4. The Bertz CT molecular complexity index is 598. The van der Waals surface area contributed by atoms with Crippen molar-refractivity contribution in [2.75, 3.05) is 5.73 Å². The SMILES string of the molecule is CCCc1nn(C)c(Oc2ccc(F)c(Cl)c2)c1N. The number of hydrogen-bond acceptors (Lipinski definition) is 3. The monoisotopic (exact) mass is 283 g/mol. The van der Waals surface area contributed by atoms with Crippen molar-refractivity contribution in [2.45, 2.75) is 19.8 Å². The van der Waals surface area contributed by atoms with Gasteiger partial charge < -0.3 is 10.5 Å². The Labute approximate surface area is 115 Å². The van der Waals surface area contributed by atoms with Gasteiger partial charge in [-0.15, -0.1) is 0 Å². The van der Waals surface area contributed by atoms with Crippen LogP contribution < -0.4 is 10.5 Å². The second-order valence-electron chi connectivity index (χ2n) is 4.22. The summed E-state index contributed by atoms with van der Waals surface area (Å²) in [5.41, 5.74) is 7.29. The van der Waals surface area contributed by atoms with Crippen LogP contribution in [0.1, 0.15) is 19.0 Å². The van der Waals surface area contributed by atoms with Crippen LogP contribution in [-0.2, 0) is 13.5 Å².